The summed E-state index contributed by atoms with van der Waals surface area (Å²) in [5, 5.41) is 11.5. The first-order chi connectivity index (χ1) is 11.5. The molecule has 0 spiro atoms. The number of aromatic hydroxyl groups is 1. The number of benzene rings is 2. The van der Waals surface area contributed by atoms with Crippen LogP contribution in [-0.4, -0.2) is 22.0 Å². The fourth-order valence-electron chi connectivity index (χ4n) is 1.72. The van der Waals surface area contributed by atoms with Crippen LogP contribution in [0.2, 0.25) is 0 Å². The fraction of sp³-hybridized carbons (Fsp3) is 0. The van der Waals surface area contributed by atoms with Crippen molar-refractivity contribution >= 4 is 35.2 Å². The zero-order valence-electron chi connectivity index (χ0n) is 12.5. The predicted molar refractivity (Wildman–Crippen MR) is 94.9 cm³/mol. The first-order valence-electron chi connectivity index (χ1n) is 6.98. The summed E-state index contributed by atoms with van der Waals surface area (Å²) in [6.45, 7) is 0. The second-order valence-electron chi connectivity index (χ2n) is 4.69. The Bertz CT molecular complexity index is 758. The number of amides is 2. The third-order valence-corrected chi connectivity index (χ3v) is 3.09. The quantitative estimate of drug-likeness (QED) is 0.388. The van der Waals surface area contributed by atoms with Gasteiger partial charge in [-0.1, -0.05) is 30.3 Å². The summed E-state index contributed by atoms with van der Waals surface area (Å²) in [4.78, 5) is 23.5. The maximum atomic E-state index is 11.8. The average Bonchev–Trinajstić information content (AvgIpc) is 2.59. The number of hydrogen-bond acceptors (Lipinski definition) is 4. The van der Waals surface area contributed by atoms with Crippen LogP contribution in [0.15, 0.2) is 60.7 Å². The van der Waals surface area contributed by atoms with Crippen LogP contribution in [0.25, 0.3) is 6.08 Å². The smallest absolute Gasteiger partial charge is 0.269 e. The van der Waals surface area contributed by atoms with Crippen LogP contribution < -0.4 is 16.2 Å². The van der Waals surface area contributed by atoms with Crippen LogP contribution in [-0.2, 0) is 4.79 Å². The van der Waals surface area contributed by atoms with Gasteiger partial charge in [0, 0.05) is 11.6 Å². The average molecular weight is 341 g/mol. The van der Waals surface area contributed by atoms with Gasteiger partial charge in [0.2, 0.25) is 5.91 Å². The lowest BCUT2D eigenvalue weighted by atomic mass is 10.2. The maximum Gasteiger partial charge on any atom is 0.269 e. The van der Waals surface area contributed by atoms with E-state index < -0.39 is 11.8 Å². The van der Waals surface area contributed by atoms with Gasteiger partial charge in [0.25, 0.3) is 5.91 Å². The largest absolute Gasteiger partial charge is 0.508 e. The highest BCUT2D eigenvalue weighted by Gasteiger charge is 2.06. The van der Waals surface area contributed by atoms with Crippen molar-refractivity contribution < 1.29 is 14.7 Å². The molecule has 2 rings (SSSR count). The Morgan fingerprint density at radius 2 is 1.62 bits per heavy atom. The predicted octanol–water partition coefficient (Wildman–Crippen LogP) is 1.74. The third kappa shape index (κ3) is 5.54. The SMILES string of the molecule is O=C(/C=C/c1ccccc1)NC(=S)NNC(=O)c1ccc(O)cc1. The Kier molecular flexibility index (Phi) is 6.04. The Labute approximate surface area is 144 Å². The molecule has 2 aromatic carbocycles. The molecule has 6 nitrogen and oxygen atoms in total. The van der Waals surface area contributed by atoms with Gasteiger partial charge in [-0.3, -0.25) is 25.8 Å². The van der Waals surface area contributed by atoms with Crippen LogP contribution in [0.3, 0.4) is 0 Å². The molecule has 0 saturated carbocycles. The molecule has 0 saturated heterocycles. The normalized spacial score (nSPS) is 10.2. The summed E-state index contributed by atoms with van der Waals surface area (Å²) in [5.41, 5.74) is 5.99. The van der Waals surface area contributed by atoms with E-state index >= 15 is 0 Å². The molecular formula is C17H15N3O3S. The van der Waals surface area contributed by atoms with Crippen molar-refractivity contribution in [2.45, 2.75) is 0 Å². The van der Waals surface area contributed by atoms with E-state index in [4.69, 9.17) is 17.3 Å². The molecule has 0 unspecified atom stereocenters. The lowest BCUT2D eigenvalue weighted by Crippen LogP contribution is -2.48. The molecule has 4 N–H and O–H groups in total. The second kappa shape index (κ2) is 8.44. The van der Waals surface area contributed by atoms with E-state index in [-0.39, 0.29) is 10.9 Å². The molecule has 0 atom stereocenters. The molecule has 0 heterocycles. The number of phenolic OH excluding ortho intramolecular Hbond substituents is 1. The van der Waals surface area contributed by atoms with Crippen molar-refractivity contribution in [1.29, 1.82) is 0 Å². The van der Waals surface area contributed by atoms with Crippen LogP contribution in [0.4, 0.5) is 0 Å². The Hall–Kier alpha value is -3.19. The fourth-order valence-corrected chi connectivity index (χ4v) is 1.87. The molecule has 0 bridgehead atoms. The van der Waals surface area contributed by atoms with Crippen molar-refractivity contribution in [3.8, 4) is 5.75 Å². The summed E-state index contributed by atoms with van der Waals surface area (Å²) in [6.07, 6.45) is 2.98. The van der Waals surface area contributed by atoms with Crippen molar-refractivity contribution in [2.75, 3.05) is 0 Å². The van der Waals surface area contributed by atoms with E-state index in [0.29, 0.717) is 5.56 Å². The Balaban J connectivity index is 1.78. The highest BCUT2D eigenvalue weighted by atomic mass is 32.1. The first-order valence-corrected chi connectivity index (χ1v) is 7.39. The van der Waals surface area contributed by atoms with E-state index in [1.807, 2.05) is 30.3 Å². The molecule has 24 heavy (non-hydrogen) atoms. The van der Waals surface area contributed by atoms with Gasteiger partial charge < -0.3 is 5.11 Å². The lowest BCUT2D eigenvalue weighted by Gasteiger charge is -2.09. The zero-order chi connectivity index (χ0) is 17.4. The van der Waals surface area contributed by atoms with Gasteiger partial charge >= 0.3 is 0 Å². The summed E-state index contributed by atoms with van der Waals surface area (Å²) in [6, 6.07) is 15.0. The molecule has 0 aliphatic carbocycles. The number of hydrogen-bond donors (Lipinski definition) is 4. The monoisotopic (exact) mass is 341 g/mol. The molecule has 0 radical (unpaired) electrons. The number of hydrazine groups is 1. The van der Waals surface area contributed by atoms with Crippen molar-refractivity contribution in [2.24, 2.45) is 0 Å². The minimum atomic E-state index is -0.452. The summed E-state index contributed by atoms with van der Waals surface area (Å²) in [5.74, 6) is -0.811. The van der Waals surface area contributed by atoms with Gasteiger partial charge in [-0.05, 0) is 48.1 Å². The molecular weight excluding hydrogens is 326 g/mol. The van der Waals surface area contributed by atoms with E-state index in [0.717, 1.165) is 5.56 Å². The minimum absolute atomic E-state index is 0.0372. The molecule has 0 fully saturated rings. The number of nitrogens with one attached hydrogen (secondary N) is 3. The van der Waals surface area contributed by atoms with Gasteiger partial charge in [-0.25, -0.2) is 0 Å². The summed E-state index contributed by atoms with van der Waals surface area (Å²) >= 11 is 4.92. The molecule has 7 heteroatoms. The van der Waals surface area contributed by atoms with Crippen LogP contribution >= 0.6 is 12.2 Å². The highest BCUT2D eigenvalue weighted by Crippen LogP contribution is 2.08. The van der Waals surface area contributed by atoms with Gasteiger partial charge in [0.05, 0.1) is 0 Å². The van der Waals surface area contributed by atoms with Crippen LogP contribution in [0, 0.1) is 0 Å². The van der Waals surface area contributed by atoms with Gasteiger partial charge in [0.15, 0.2) is 5.11 Å². The Morgan fingerprint density at radius 3 is 2.29 bits per heavy atom. The van der Waals surface area contributed by atoms with Crippen molar-refractivity contribution in [3.63, 3.8) is 0 Å². The first kappa shape index (κ1) is 17.2. The Morgan fingerprint density at radius 1 is 0.958 bits per heavy atom. The molecule has 0 aliphatic heterocycles. The highest BCUT2D eigenvalue weighted by molar-refractivity contribution is 7.80. The zero-order valence-corrected chi connectivity index (χ0v) is 13.3. The second-order valence-corrected chi connectivity index (χ2v) is 5.10. The van der Waals surface area contributed by atoms with Crippen LogP contribution in [0.5, 0.6) is 5.75 Å². The van der Waals surface area contributed by atoms with E-state index in [9.17, 15) is 9.59 Å². The van der Waals surface area contributed by atoms with Crippen molar-refractivity contribution in [3.05, 3.63) is 71.8 Å². The topological polar surface area (TPSA) is 90.5 Å². The van der Waals surface area contributed by atoms with E-state index in [1.54, 1.807) is 6.08 Å². The molecule has 0 aromatic heterocycles. The van der Waals surface area contributed by atoms with E-state index in [2.05, 4.69) is 16.2 Å². The molecule has 2 aromatic rings. The summed E-state index contributed by atoms with van der Waals surface area (Å²) < 4.78 is 0. The number of phenols is 1. The number of carbonyl (C=O) groups is 2. The number of carbonyl (C=O) groups excluding carboxylic acids is 2. The summed E-state index contributed by atoms with van der Waals surface area (Å²) in [7, 11) is 0. The van der Waals surface area contributed by atoms with E-state index in [1.165, 1.54) is 30.3 Å². The third-order valence-electron chi connectivity index (χ3n) is 2.88. The lowest BCUT2D eigenvalue weighted by molar-refractivity contribution is -0.115. The molecule has 122 valence electrons. The van der Waals surface area contributed by atoms with Gasteiger partial charge in [0.1, 0.15) is 5.75 Å². The molecule has 0 aliphatic rings. The molecule has 2 amide bonds. The number of rotatable bonds is 3. The van der Waals surface area contributed by atoms with Crippen molar-refractivity contribution in [1.82, 2.24) is 16.2 Å². The van der Waals surface area contributed by atoms with Gasteiger partial charge in [-0.2, -0.15) is 0 Å². The van der Waals surface area contributed by atoms with Crippen LogP contribution in [0.1, 0.15) is 15.9 Å². The van der Waals surface area contributed by atoms with Gasteiger partial charge in [-0.15, -0.1) is 0 Å². The maximum absolute atomic E-state index is 11.8. The number of thiocarbonyl (C=S) groups is 1. The minimum Gasteiger partial charge on any atom is -0.508 e. The standard InChI is InChI=1S/C17H15N3O3S/c21-14-9-7-13(8-10-14)16(23)19-20-17(24)18-15(22)11-6-12-4-2-1-3-5-12/h1-11,21H,(H,19,23)(H2,18,20,22,24)/b11-6+.